The van der Waals surface area contributed by atoms with Crippen LogP contribution < -0.4 is 10.9 Å². The molecule has 0 atom stereocenters. The van der Waals surface area contributed by atoms with E-state index >= 15 is 0 Å². The molecule has 0 saturated heterocycles. The zero-order chi connectivity index (χ0) is 14.0. The Kier molecular flexibility index (Phi) is 4.29. The summed E-state index contributed by atoms with van der Waals surface area (Å²) in [6.45, 7) is 3.95. The second-order valence-corrected chi connectivity index (χ2v) is 4.82. The molecule has 5 nitrogen and oxygen atoms in total. The molecule has 2 N–H and O–H groups in total. The molecular formula is C12H13Cl2N3O2. The number of phenols is 1. The molecule has 1 aromatic heterocycles. The smallest absolute Gasteiger partial charge is 0.262 e. The van der Waals surface area contributed by atoms with Crippen molar-refractivity contribution in [3.05, 3.63) is 32.8 Å². The summed E-state index contributed by atoms with van der Waals surface area (Å²) in [6.07, 6.45) is 1.38. The monoisotopic (exact) mass is 301 g/mol. The van der Waals surface area contributed by atoms with Gasteiger partial charge < -0.3 is 10.4 Å². The van der Waals surface area contributed by atoms with Crippen LogP contribution in [-0.4, -0.2) is 27.7 Å². The summed E-state index contributed by atoms with van der Waals surface area (Å²) in [5.41, 5.74) is -0.165. The average molecular weight is 302 g/mol. The number of rotatable bonds is 4. The number of nitrogens with zero attached hydrogens (tertiary/aromatic N) is 2. The maximum Gasteiger partial charge on any atom is 0.262 e. The molecule has 1 aromatic carbocycles. The van der Waals surface area contributed by atoms with Crippen molar-refractivity contribution in [3.63, 3.8) is 0 Å². The van der Waals surface area contributed by atoms with Crippen molar-refractivity contribution in [1.29, 1.82) is 0 Å². The Hall–Kier alpha value is -1.30. The fourth-order valence-electron chi connectivity index (χ4n) is 1.78. The van der Waals surface area contributed by atoms with E-state index in [1.54, 1.807) is 0 Å². The van der Waals surface area contributed by atoms with Crippen LogP contribution in [-0.2, 0) is 6.54 Å². The van der Waals surface area contributed by atoms with Crippen LogP contribution in [0.1, 0.15) is 6.92 Å². The fraction of sp³-hybridized carbons (Fsp3) is 0.333. The molecule has 0 aliphatic rings. The first-order valence-corrected chi connectivity index (χ1v) is 6.58. The van der Waals surface area contributed by atoms with E-state index in [0.717, 1.165) is 6.54 Å². The highest BCUT2D eigenvalue weighted by molar-refractivity contribution is 6.39. The van der Waals surface area contributed by atoms with Crippen LogP contribution in [0.3, 0.4) is 0 Å². The van der Waals surface area contributed by atoms with Gasteiger partial charge in [0.2, 0.25) is 0 Å². The number of phenolic OH excluding ortho intramolecular Hbond substituents is 1. The molecule has 0 radical (unpaired) electrons. The second kappa shape index (κ2) is 5.77. The van der Waals surface area contributed by atoms with Crippen molar-refractivity contribution >= 4 is 34.1 Å². The van der Waals surface area contributed by atoms with E-state index in [0.29, 0.717) is 13.1 Å². The van der Waals surface area contributed by atoms with Crippen molar-refractivity contribution in [2.45, 2.75) is 13.5 Å². The molecule has 0 aliphatic carbocycles. The predicted molar refractivity (Wildman–Crippen MR) is 76.2 cm³/mol. The van der Waals surface area contributed by atoms with Crippen molar-refractivity contribution in [2.75, 3.05) is 13.1 Å². The summed E-state index contributed by atoms with van der Waals surface area (Å²) in [5, 5.41) is 13.4. The standard InChI is InChI=1S/C12H13Cl2N3O2/c1-2-15-3-4-17-6-16-10-9(12(17)19)7(13)5-8(14)11(10)18/h5-6,15,18H,2-4H2,1H3. The van der Waals surface area contributed by atoms with Crippen LogP contribution in [0.2, 0.25) is 10.0 Å². The molecule has 2 aromatic rings. The molecule has 19 heavy (non-hydrogen) atoms. The lowest BCUT2D eigenvalue weighted by Crippen LogP contribution is -2.27. The predicted octanol–water partition coefficient (Wildman–Crippen LogP) is 2.02. The Labute approximate surface area is 119 Å². The summed E-state index contributed by atoms with van der Waals surface area (Å²) < 4.78 is 1.45. The number of aromatic nitrogens is 2. The molecule has 0 bridgehead atoms. The van der Waals surface area contributed by atoms with Gasteiger partial charge in [-0.2, -0.15) is 0 Å². The van der Waals surface area contributed by atoms with E-state index < -0.39 is 0 Å². The average Bonchev–Trinajstić information content (AvgIpc) is 2.38. The lowest BCUT2D eigenvalue weighted by molar-refractivity contribution is 0.480. The maximum absolute atomic E-state index is 12.3. The van der Waals surface area contributed by atoms with Gasteiger partial charge in [-0.1, -0.05) is 30.1 Å². The van der Waals surface area contributed by atoms with Gasteiger partial charge in [0.15, 0.2) is 5.75 Å². The molecule has 1 heterocycles. The van der Waals surface area contributed by atoms with Crippen LogP contribution in [0.25, 0.3) is 10.9 Å². The Bertz CT molecular complexity index is 670. The molecular weight excluding hydrogens is 289 g/mol. The summed E-state index contributed by atoms with van der Waals surface area (Å²) in [6, 6.07) is 1.35. The summed E-state index contributed by atoms with van der Waals surface area (Å²) in [7, 11) is 0. The fourth-order valence-corrected chi connectivity index (χ4v) is 2.32. The van der Waals surface area contributed by atoms with E-state index in [1.807, 2.05) is 6.92 Å². The van der Waals surface area contributed by atoms with E-state index in [-0.39, 0.29) is 32.3 Å². The van der Waals surface area contributed by atoms with E-state index in [4.69, 9.17) is 23.2 Å². The van der Waals surface area contributed by atoms with Gasteiger partial charge in [0.05, 0.1) is 21.8 Å². The Balaban J connectivity index is 2.56. The van der Waals surface area contributed by atoms with Gasteiger partial charge in [-0.3, -0.25) is 9.36 Å². The third kappa shape index (κ3) is 2.68. The van der Waals surface area contributed by atoms with E-state index in [2.05, 4.69) is 10.3 Å². The van der Waals surface area contributed by atoms with Crippen molar-refractivity contribution < 1.29 is 5.11 Å². The quantitative estimate of drug-likeness (QED) is 0.848. The van der Waals surface area contributed by atoms with Crippen LogP contribution in [0.4, 0.5) is 0 Å². The highest BCUT2D eigenvalue weighted by Crippen LogP contribution is 2.34. The molecule has 0 unspecified atom stereocenters. The highest BCUT2D eigenvalue weighted by Gasteiger charge is 2.14. The van der Waals surface area contributed by atoms with Crippen molar-refractivity contribution in [3.8, 4) is 5.75 Å². The van der Waals surface area contributed by atoms with E-state index in [9.17, 15) is 9.90 Å². The van der Waals surface area contributed by atoms with Crippen molar-refractivity contribution in [2.24, 2.45) is 0 Å². The van der Waals surface area contributed by atoms with Gasteiger partial charge in [0.25, 0.3) is 5.56 Å². The lowest BCUT2D eigenvalue weighted by Gasteiger charge is -2.09. The number of nitrogens with one attached hydrogen (secondary N) is 1. The summed E-state index contributed by atoms with van der Waals surface area (Å²) >= 11 is 11.8. The Morgan fingerprint density at radius 3 is 2.84 bits per heavy atom. The van der Waals surface area contributed by atoms with Crippen LogP contribution >= 0.6 is 23.2 Å². The number of benzene rings is 1. The Morgan fingerprint density at radius 2 is 2.16 bits per heavy atom. The molecule has 0 fully saturated rings. The lowest BCUT2D eigenvalue weighted by atomic mass is 10.2. The minimum Gasteiger partial charge on any atom is -0.504 e. The molecule has 102 valence electrons. The number of aromatic hydroxyl groups is 1. The van der Waals surface area contributed by atoms with Crippen LogP contribution in [0.15, 0.2) is 17.2 Å². The normalized spacial score (nSPS) is 11.1. The third-order valence-electron chi connectivity index (χ3n) is 2.76. The first-order chi connectivity index (χ1) is 9.06. The molecule has 0 saturated carbocycles. The zero-order valence-corrected chi connectivity index (χ0v) is 11.8. The largest absolute Gasteiger partial charge is 0.504 e. The number of halogens is 2. The second-order valence-electron chi connectivity index (χ2n) is 4.01. The first-order valence-electron chi connectivity index (χ1n) is 5.83. The summed E-state index contributed by atoms with van der Waals surface area (Å²) in [5.74, 6) is -0.225. The van der Waals surface area contributed by atoms with E-state index in [1.165, 1.54) is 17.0 Å². The van der Waals surface area contributed by atoms with Gasteiger partial charge >= 0.3 is 0 Å². The third-order valence-corrected chi connectivity index (χ3v) is 3.35. The number of hydrogen-bond donors (Lipinski definition) is 2. The minimum absolute atomic E-state index is 0.0785. The SMILES string of the molecule is CCNCCn1cnc2c(O)c(Cl)cc(Cl)c2c1=O. The topological polar surface area (TPSA) is 67.2 Å². The molecule has 2 rings (SSSR count). The van der Waals surface area contributed by atoms with Gasteiger partial charge in [-0.25, -0.2) is 4.98 Å². The molecule has 0 amide bonds. The minimum atomic E-state index is -0.292. The van der Waals surface area contributed by atoms with Gasteiger partial charge in [0.1, 0.15) is 5.52 Å². The molecule has 0 aliphatic heterocycles. The maximum atomic E-state index is 12.3. The van der Waals surface area contributed by atoms with Gasteiger partial charge in [-0.05, 0) is 12.6 Å². The molecule has 0 spiro atoms. The number of likely N-dealkylation sites (N-methyl/N-ethyl adjacent to an activating group) is 1. The zero-order valence-electron chi connectivity index (χ0n) is 10.3. The van der Waals surface area contributed by atoms with Crippen LogP contribution in [0, 0.1) is 0 Å². The van der Waals surface area contributed by atoms with Crippen LogP contribution in [0.5, 0.6) is 5.75 Å². The van der Waals surface area contributed by atoms with Gasteiger partial charge in [-0.15, -0.1) is 0 Å². The van der Waals surface area contributed by atoms with Crippen molar-refractivity contribution in [1.82, 2.24) is 14.9 Å². The number of hydrogen-bond acceptors (Lipinski definition) is 4. The highest BCUT2D eigenvalue weighted by atomic mass is 35.5. The molecule has 7 heteroatoms. The first kappa shape index (κ1) is 14.1. The van der Waals surface area contributed by atoms with Gasteiger partial charge in [0, 0.05) is 13.1 Å². The summed E-state index contributed by atoms with van der Waals surface area (Å²) in [4.78, 5) is 16.3. The Morgan fingerprint density at radius 1 is 1.42 bits per heavy atom. The number of fused-ring (bicyclic) bond motifs is 1.